The molecule has 0 saturated carbocycles. The Balaban J connectivity index is 1.46. The van der Waals surface area contributed by atoms with Crippen LogP contribution in [-0.4, -0.2) is 20.7 Å². The first-order valence-electron chi connectivity index (χ1n) is 10.1. The van der Waals surface area contributed by atoms with Gasteiger partial charge >= 0.3 is 5.76 Å². The van der Waals surface area contributed by atoms with Crippen LogP contribution in [0.2, 0.25) is 0 Å². The molecule has 3 aromatic heterocycles. The second-order valence-corrected chi connectivity index (χ2v) is 8.35. The van der Waals surface area contributed by atoms with Crippen molar-refractivity contribution in [3.63, 3.8) is 0 Å². The first kappa shape index (κ1) is 19.9. The number of aromatic nitrogens is 3. The number of nitrogens with zero attached hydrogens (tertiary/aromatic N) is 2. The third-order valence-corrected chi connectivity index (χ3v) is 5.72. The highest BCUT2D eigenvalue weighted by Crippen LogP contribution is 2.24. The fraction of sp³-hybridized carbons (Fsp3) is 0.0800. The quantitative estimate of drug-likeness (QED) is 0.292. The van der Waals surface area contributed by atoms with E-state index >= 15 is 0 Å². The molecule has 6 nitrogen and oxygen atoms in total. The zero-order valence-corrected chi connectivity index (χ0v) is 18.0. The maximum absolute atomic E-state index is 11.4. The van der Waals surface area contributed by atoms with Gasteiger partial charge in [0.15, 0.2) is 5.58 Å². The van der Waals surface area contributed by atoms with E-state index in [1.165, 1.54) is 4.90 Å². The highest BCUT2D eigenvalue weighted by atomic mass is 32.2. The van der Waals surface area contributed by atoms with Crippen LogP contribution in [0.25, 0.3) is 21.9 Å². The summed E-state index contributed by atoms with van der Waals surface area (Å²) in [5.41, 5.74) is 3.50. The number of aromatic amines is 1. The van der Waals surface area contributed by atoms with Crippen molar-refractivity contribution in [1.82, 2.24) is 15.0 Å². The van der Waals surface area contributed by atoms with Crippen LogP contribution >= 0.6 is 11.8 Å². The molecule has 7 heteroatoms. The molecule has 0 unspecified atom stereocenters. The summed E-state index contributed by atoms with van der Waals surface area (Å²) in [6.07, 6.45) is 3.54. The van der Waals surface area contributed by atoms with Crippen LogP contribution in [0.5, 0.6) is 0 Å². The van der Waals surface area contributed by atoms with E-state index in [0.29, 0.717) is 16.8 Å². The van der Waals surface area contributed by atoms with Gasteiger partial charge in [-0.15, -0.1) is 11.8 Å². The van der Waals surface area contributed by atoms with Crippen molar-refractivity contribution in [2.24, 2.45) is 0 Å². The van der Waals surface area contributed by atoms with Gasteiger partial charge in [0.05, 0.1) is 5.52 Å². The van der Waals surface area contributed by atoms with E-state index in [1.54, 1.807) is 18.3 Å². The molecule has 32 heavy (non-hydrogen) atoms. The maximum atomic E-state index is 11.4. The van der Waals surface area contributed by atoms with Crippen LogP contribution in [0.15, 0.2) is 81.1 Å². The van der Waals surface area contributed by atoms with Crippen LogP contribution < -0.4 is 11.1 Å². The van der Waals surface area contributed by atoms with Crippen molar-refractivity contribution >= 4 is 45.1 Å². The van der Waals surface area contributed by atoms with Crippen molar-refractivity contribution in [2.75, 3.05) is 11.1 Å². The van der Waals surface area contributed by atoms with E-state index < -0.39 is 5.76 Å². The van der Waals surface area contributed by atoms with Gasteiger partial charge in [-0.05, 0) is 66.3 Å². The normalized spacial score (nSPS) is 10.8. The molecule has 5 aromatic rings. The van der Waals surface area contributed by atoms with Gasteiger partial charge in [0.2, 0.25) is 0 Å². The standard InChI is InChI=1S/C25H18N4O2S/c1-2-32-19-7-5-18(6-8-19)28-24-14-20-17(15-27-24)11-12-26-21(20)9-3-16-4-10-23-22(13-16)29-25(30)31-23/h4-8,10-15H,2H2,1H3,(H,27,28)(H,29,30). The molecule has 0 amide bonds. The molecule has 0 saturated heterocycles. The third-order valence-electron chi connectivity index (χ3n) is 4.83. The second-order valence-electron chi connectivity index (χ2n) is 7.01. The van der Waals surface area contributed by atoms with Crippen LogP contribution in [0.3, 0.4) is 0 Å². The summed E-state index contributed by atoms with van der Waals surface area (Å²) in [6, 6.07) is 17.5. The molecule has 2 N–H and O–H groups in total. The fourth-order valence-electron chi connectivity index (χ4n) is 3.34. The molecule has 0 aliphatic carbocycles. The molecule has 0 fully saturated rings. The monoisotopic (exact) mass is 438 g/mol. The Morgan fingerprint density at radius 1 is 1.06 bits per heavy atom. The topological polar surface area (TPSA) is 83.8 Å². The lowest BCUT2D eigenvalue weighted by Gasteiger charge is -2.08. The Hall–Kier alpha value is -4.02. The molecule has 3 heterocycles. The van der Waals surface area contributed by atoms with E-state index in [4.69, 9.17) is 4.42 Å². The van der Waals surface area contributed by atoms with E-state index in [2.05, 4.69) is 51.2 Å². The maximum Gasteiger partial charge on any atom is 0.417 e. The van der Waals surface area contributed by atoms with Crippen molar-refractivity contribution in [1.29, 1.82) is 0 Å². The number of thioether (sulfide) groups is 1. The number of hydrogen-bond donors (Lipinski definition) is 2. The van der Waals surface area contributed by atoms with Crippen LogP contribution in [0.1, 0.15) is 18.2 Å². The highest BCUT2D eigenvalue weighted by molar-refractivity contribution is 7.99. The summed E-state index contributed by atoms with van der Waals surface area (Å²) >= 11 is 1.81. The van der Waals surface area contributed by atoms with Gasteiger partial charge < -0.3 is 9.73 Å². The van der Waals surface area contributed by atoms with Crippen molar-refractivity contribution in [3.05, 3.63) is 88.8 Å². The van der Waals surface area contributed by atoms with Gasteiger partial charge in [-0.25, -0.2) is 14.8 Å². The average Bonchev–Trinajstić information content (AvgIpc) is 3.18. The summed E-state index contributed by atoms with van der Waals surface area (Å²) in [5.74, 6) is 7.56. The number of benzene rings is 2. The summed E-state index contributed by atoms with van der Waals surface area (Å²) in [4.78, 5) is 24.2. The number of H-pyrrole nitrogens is 1. The Labute approximate surface area is 188 Å². The summed E-state index contributed by atoms with van der Waals surface area (Å²) in [7, 11) is 0. The molecule has 0 radical (unpaired) electrons. The smallest absolute Gasteiger partial charge is 0.408 e. The number of oxazole rings is 1. The Kier molecular flexibility index (Phi) is 5.36. The van der Waals surface area contributed by atoms with E-state index in [1.807, 2.05) is 48.3 Å². The Morgan fingerprint density at radius 2 is 1.94 bits per heavy atom. The zero-order valence-electron chi connectivity index (χ0n) is 17.2. The summed E-state index contributed by atoms with van der Waals surface area (Å²) in [5, 5.41) is 5.22. The number of rotatable bonds is 4. The van der Waals surface area contributed by atoms with Gasteiger partial charge in [-0.3, -0.25) is 4.98 Å². The number of anilines is 2. The van der Waals surface area contributed by atoms with E-state index in [9.17, 15) is 4.79 Å². The second kappa shape index (κ2) is 8.61. The first-order valence-corrected chi connectivity index (χ1v) is 11.1. The summed E-state index contributed by atoms with van der Waals surface area (Å²) in [6.45, 7) is 2.14. The van der Waals surface area contributed by atoms with Crippen LogP contribution in [-0.2, 0) is 0 Å². The molecule has 0 spiro atoms. The summed E-state index contributed by atoms with van der Waals surface area (Å²) < 4.78 is 5.04. The molecule has 0 bridgehead atoms. The number of hydrogen-bond acceptors (Lipinski definition) is 6. The van der Waals surface area contributed by atoms with Gasteiger partial charge in [0.25, 0.3) is 0 Å². The molecule has 156 valence electrons. The van der Waals surface area contributed by atoms with Crippen LogP contribution in [0.4, 0.5) is 11.5 Å². The Bertz CT molecular complexity index is 1540. The Morgan fingerprint density at radius 3 is 2.78 bits per heavy atom. The van der Waals surface area contributed by atoms with Gasteiger partial charge in [0, 0.05) is 39.3 Å². The lowest BCUT2D eigenvalue weighted by molar-refractivity contribution is 0.555. The lowest BCUT2D eigenvalue weighted by Crippen LogP contribution is -1.95. The molecule has 5 rings (SSSR count). The molecule has 2 aromatic carbocycles. The highest BCUT2D eigenvalue weighted by Gasteiger charge is 2.05. The molecule has 0 aliphatic heterocycles. The molecular formula is C25H18N4O2S. The minimum Gasteiger partial charge on any atom is -0.408 e. The number of fused-ring (bicyclic) bond motifs is 2. The van der Waals surface area contributed by atoms with E-state index in [0.717, 1.165) is 33.6 Å². The van der Waals surface area contributed by atoms with Gasteiger partial charge in [-0.1, -0.05) is 12.8 Å². The predicted octanol–water partition coefficient (Wildman–Crippen LogP) is 5.32. The molecular weight excluding hydrogens is 420 g/mol. The third kappa shape index (κ3) is 4.22. The molecule has 0 atom stereocenters. The van der Waals surface area contributed by atoms with Gasteiger partial charge in [0.1, 0.15) is 11.5 Å². The van der Waals surface area contributed by atoms with Crippen molar-refractivity contribution in [3.8, 4) is 11.8 Å². The van der Waals surface area contributed by atoms with Crippen molar-refractivity contribution < 1.29 is 4.42 Å². The minimum absolute atomic E-state index is 0.480. The largest absolute Gasteiger partial charge is 0.417 e. The average molecular weight is 439 g/mol. The van der Waals surface area contributed by atoms with Gasteiger partial charge in [-0.2, -0.15) is 0 Å². The SMILES string of the molecule is CCSc1ccc(Nc2cc3c(C#Cc4ccc5oc(=O)[nH]c5c4)nccc3cn2)cc1. The zero-order chi connectivity index (χ0) is 21.9. The predicted molar refractivity (Wildman–Crippen MR) is 128 cm³/mol. The number of pyridine rings is 2. The number of nitrogens with one attached hydrogen (secondary N) is 2. The van der Waals surface area contributed by atoms with E-state index in [-0.39, 0.29) is 0 Å². The minimum atomic E-state index is -0.480. The fourth-order valence-corrected chi connectivity index (χ4v) is 4.01. The first-order chi connectivity index (χ1) is 15.7. The molecule has 0 aliphatic rings. The lowest BCUT2D eigenvalue weighted by atomic mass is 10.1. The van der Waals surface area contributed by atoms with Crippen LogP contribution in [0, 0.1) is 11.8 Å². The van der Waals surface area contributed by atoms with Crippen molar-refractivity contribution in [2.45, 2.75) is 11.8 Å².